The number of carbonyl (C=O) groups is 2. The molecule has 194 valence electrons. The van der Waals surface area contributed by atoms with Crippen LogP contribution in [-0.2, 0) is 16.0 Å². The van der Waals surface area contributed by atoms with Crippen LogP contribution >= 0.6 is 0 Å². The number of benzene rings is 3. The fraction of sp³-hybridized carbons (Fsp3) is 0.273. The van der Waals surface area contributed by atoms with E-state index in [1.165, 1.54) is 0 Å². The van der Waals surface area contributed by atoms with Gasteiger partial charge in [-0.2, -0.15) is 0 Å². The largest absolute Gasteiger partial charge is 0.333 e. The topological polar surface area (TPSA) is 45.6 Å². The molecular weight excluding hydrogens is 470 g/mol. The van der Waals surface area contributed by atoms with Gasteiger partial charge in [-0.05, 0) is 55.2 Å². The molecule has 5 heteroatoms. The van der Waals surface area contributed by atoms with Crippen LogP contribution in [0.4, 0.5) is 5.69 Å². The van der Waals surface area contributed by atoms with Crippen LogP contribution in [0.15, 0.2) is 97.2 Å². The first kappa shape index (κ1) is 25.5. The van der Waals surface area contributed by atoms with E-state index >= 15 is 0 Å². The summed E-state index contributed by atoms with van der Waals surface area (Å²) in [5.74, 6) is -0.0444. The third-order valence-corrected chi connectivity index (χ3v) is 7.28. The smallest absolute Gasteiger partial charge is 0.247 e. The Kier molecular flexibility index (Phi) is 7.73. The van der Waals surface area contributed by atoms with Crippen molar-refractivity contribution in [3.63, 3.8) is 0 Å². The van der Waals surface area contributed by atoms with E-state index in [-0.39, 0.29) is 24.4 Å². The van der Waals surface area contributed by atoms with Crippen LogP contribution in [-0.4, -0.2) is 34.4 Å². The molecule has 0 fully saturated rings. The zero-order chi connectivity index (χ0) is 26.5. The van der Waals surface area contributed by atoms with E-state index in [1.807, 2.05) is 71.6 Å². The van der Waals surface area contributed by atoms with Crippen molar-refractivity contribution in [3.05, 3.63) is 120 Å². The highest BCUT2D eigenvalue weighted by Crippen LogP contribution is 2.42. The Morgan fingerprint density at radius 1 is 0.868 bits per heavy atom. The van der Waals surface area contributed by atoms with Gasteiger partial charge in [-0.15, -0.1) is 0 Å². The molecule has 0 N–H and O–H groups in total. The lowest BCUT2D eigenvalue weighted by atomic mass is 9.96. The molecule has 38 heavy (non-hydrogen) atoms. The quantitative estimate of drug-likeness (QED) is 0.261. The van der Waals surface area contributed by atoms with Crippen LogP contribution in [0.1, 0.15) is 54.6 Å². The maximum absolute atomic E-state index is 14.2. The number of hydrogen-bond acceptors (Lipinski definition) is 2. The maximum Gasteiger partial charge on any atom is 0.247 e. The van der Waals surface area contributed by atoms with Gasteiger partial charge in [0.25, 0.3) is 0 Å². The third-order valence-electron chi connectivity index (χ3n) is 7.28. The van der Waals surface area contributed by atoms with Crippen molar-refractivity contribution in [1.82, 2.24) is 9.47 Å². The molecule has 5 nitrogen and oxygen atoms in total. The molecule has 1 aliphatic heterocycles. The Balaban J connectivity index is 1.47. The molecule has 2 heterocycles. The predicted molar refractivity (Wildman–Crippen MR) is 153 cm³/mol. The normalized spacial score (nSPS) is 14.1. The molecule has 3 aromatic carbocycles. The van der Waals surface area contributed by atoms with Gasteiger partial charge in [0.1, 0.15) is 12.6 Å². The molecule has 1 aromatic heterocycles. The Hall–Kier alpha value is -4.12. The number of unbranched alkanes of at least 4 members (excludes halogenated alkanes) is 1. The lowest BCUT2D eigenvalue weighted by Crippen LogP contribution is -2.47. The first-order valence-electron chi connectivity index (χ1n) is 13.5. The number of carbonyl (C=O) groups excluding carboxylic acids is 2. The molecule has 1 unspecified atom stereocenters. The Morgan fingerprint density at radius 3 is 2.39 bits per heavy atom. The fourth-order valence-electron chi connectivity index (χ4n) is 5.35. The van der Waals surface area contributed by atoms with Crippen LogP contribution in [0, 0.1) is 6.92 Å². The van der Waals surface area contributed by atoms with Crippen molar-refractivity contribution in [1.29, 1.82) is 0 Å². The first-order valence-corrected chi connectivity index (χ1v) is 13.5. The summed E-state index contributed by atoms with van der Waals surface area (Å²) >= 11 is 0. The van der Waals surface area contributed by atoms with Crippen LogP contribution < -0.4 is 4.90 Å². The summed E-state index contributed by atoms with van der Waals surface area (Å²) in [6, 6.07) is 30.3. The highest BCUT2D eigenvalue weighted by atomic mass is 16.2. The standard InChI is InChI=1S/C33H35N3O2/c1-3-4-21-34(31(37)20-19-26-13-6-5-7-14-26)24-32(38)36-29-17-9-8-16-28(29)35-22-11-18-30(35)33(36)27-15-10-12-25(2)23-27/h5-18,22-23,33H,3-4,19-21,24H2,1-2H3. The van der Waals surface area contributed by atoms with Gasteiger partial charge < -0.3 is 9.47 Å². The lowest BCUT2D eigenvalue weighted by Gasteiger charge is -2.39. The molecule has 0 saturated heterocycles. The monoisotopic (exact) mass is 505 g/mol. The van der Waals surface area contributed by atoms with Gasteiger partial charge in [0.2, 0.25) is 11.8 Å². The highest BCUT2D eigenvalue weighted by Gasteiger charge is 2.36. The summed E-state index contributed by atoms with van der Waals surface area (Å²) < 4.78 is 2.17. The van der Waals surface area contributed by atoms with Gasteiger partial charge in [-0.25, -0.2) is 0 Å². The van der Waals surface area contributed by atoms with E-state index in [0.29, 0.717) is 19.4 Å². The molecule has 5 rings (SSSR count). The number of amides is 2. The van der Waals surface area contributed by atoms with Crippen molar-refractivity contribution in [2.45, 2.75) is 45.6 Å². The van der Waals surface area contributed by atoms with Crippen LogP contribution in [0.2, 0.25) is 0 Å². The third kappa shape index (κ3) is 5.28. The molecule has 2 amide bonds. The molecule has 4 aromatic rings. The number of anilines is 1. The fourth-order valence-corrected chi connectivity index (χ4v) is 5.35. The molecule has 0 saturated carbocycles. The molecule has 0 spiro atoms. The molecular formula is C33H35N3O2. The number of rotatable bonds is 9. The first-order chi connectivity index (χ1) is 18.6. The number of hydrogen-bond donors (Lipinski definition) is 0. The summed E-state index contributed by atoms with van der Waals surface area (Å²) in [7, 11) is 0. The summed E-state index contributed by atoms with van der Waals surface area (Å²) in [4.78, 5) is 31.3. The van der Waals surface area contributed by atoms with Crippen molar-refractivity contribution >= 4 is 17.5 Å². The average molecular weight is 506 g/mol. The Bertz CT molecular complexity index is 1410. The zero-order valence-electron chi connectivity index (χ0n) is 22.2. The number of aryl methyl sites for hydroxylation is 2. The molecule has 0 aliphatic carbocycles. The van der Waals surface area contributed by atoms with E-state index < -0.39 is 0 Å². The Morgan fingerprint density at radius 2 is 1.63 bits per heavy atom. The highest BCUT2D eigenvalue weighted by molar-refractivity contribution is 6.00. The van der Waals surface area contributed by atoms with E-state index in [4.69, 9.17) is 0 Å². The predicted octanol–water partition coefficient (Wildman–Crippen LogP) is 6.48. The van der Waals surface area contributed by atoms with Crippen LogP contribution in [0.3, 0.4) is 0 Å². The summed E-state index contributed by atoms with van der Waals surface area (Å²) in [6.45, 7) is 4.82. The van der Waals surface area contributed by atoms with E-state index in [2.05, 4.69) is 48.9 Å². The average Bonchev–Trinajstić information content (AvgIpc) is 3.43. The van der Waals surface area contributed by atoms with Gasteiger partial charge >= 0.3 is 0 Å². The van der Waals surface area contributed by atoms with Gasteiger partial charge in [-0.1, -0.05) is 85.6 Å². The van der Waals surface area contributed by atoms with E-state index in [1.54, 1.807) is 4.90 Å². The van der Waals surface area contributed by atoms with Gasteiger partial charge in [0, 0.05) is 19.2 Å². The van der Waals surface area contributed by atoms with E-state index in [0.717, 1.165) is 46.6 Å². The molecule has 0 radical (unpaired) electrons. The number of para-hydroxylation sites is 2. The van der Waals surface area contributed by atoms with Crippen molar-refractivity contribution in [3.8, 4) is 5.69 Å². The minimum absolute atomic E-state index is 0.0245. The zero-order valence-corrected chi connectivity index (χ0v) is 22.2. The SMILES string of the molecule is CCCCN(CC(=O)N1c2ccccc2-n2cccc2C1c1cccc(C)c1)C(=O)CCc1ccccc1. The van der Waals surface area contributed by atoms with Crippen LogP contribution in [0.25, 0.3) is 5.69 Å². The number of aromatic nitrogens is 1. The second-order valence-electron chi connectivity index (χ2n) is 10.0. The Labute approximate surface area is 225 Å². The molecule has 0 bridgehead atoms. The van der Waals surface area contributed by atoms with Gasteiger partial charge in [-0.3, -0.25) is 14.5 Å². The maximum atomic E-state index is 14.2. The molecule has 1 atom stereocenters. The minimum Gasteiger partial charge on any atom is -0.333 e. The number of nitrogens with zero attached hydrogens (tertiary/aromatic N) is 3. The summed E-state index contributed by atoms with van der Waals surface area (Å²) in [6.07, 6.45) is 4.94. The number of fused-ring (bicyclic) bond motifs is 3. The van der Waals surface area contributed by atoms with Gasteiger partial charge in [0.05, 0.1) is 17.1 Å². The minimum atomic E-state index is -0.278. The second kappa shape index (κ2) is 11.5. The van der Waals surface area contributed by atoms with Crippen LogP contribution in [0.5, 0.6) is 0 Å². The van der Waals surface area contributed by atoms with Crippen molar-refractivity contribution < 1.29 is 9.59 Å². The van der Waals surface area contributed by atoms with Crippen molar-refractivity contribution in [2.75, 3.05) is 18.0 Å². The summed E-state index contributed by atoms with van der Waals surface area (Å²) in [5.41, 5.74) is 6.21. The van der Waals surface area contributed by atoms with Crippen molar-refractivity contribution in [2.24, 2.45) is 0 Å². The van der Waals surface area contributed by atoms with Gasteiger partial charge in [0.15, 0.2) is 0 Å². The molecule has 1 aliphatic rings. The second-order valence-corrected chi connectivity index (χ2v) is 10.0. The lowest BCUT2D eigenvalue weighted by molar-refractivity contribution is -0.135. The van der Waals surface area contributed by atoms with E-state index in [9.17, 15) is 9.59 Å². The summed E-state index contributed by atoms with van der Waals surface area (Å²) in [5, 5.41) is 0.